The average molecular weight is 283 g/mol. The molecule has 2 N–H and O–H groups in total. The molecular formula is C15H22FNO3. The maximum atomic E-state index is 13.9. The maximum absolute atomic E-state index is 13.9. The number of esters is 1. The van der Waals surface area contributed by atoms with Crippen molar-refractivity contribution in [2.45, 2.75) is 39.2 Å². The van der Waals surface area contributed by atoms with Gasteiger partial charge in [0.25, 0.3) is 0 Å². The smallest absolute Gasteiger partial charge is 0.347 e. The highest BCUT2D eigenvalue weighted by Crippen LogP contribution is 2.25. The van der Waals surface area contributed by atoms with Crippen LogP contribution >= 0.6 is 0 Å². The van der Waals surface area contributed by atoms with Gasteiger partial charge in [-0.25, -0.2) is 9.18 Å². The minimum atomic E-state index is -0.784. The van der Waals surface area contributed by atoms with Crippen molar-refractivity contribution in [3.63, 3.8) is 0 Å². The molecule has 1 unspecified atom stereocenters. The van der Waals surface area contributed by atoms with Gasteiger partial charge in [-0.1, -0.05) is 25.5 Å². The molecule has 0 amide bonds. The number of ether oxygens (including phenoxy) is 2. The summed E-state index contributed by atoms with van der Waals surface area (Å²) in [6.07, 6.45) is 0.933. The van der Waals surface area contributed by atoms with Crippen LogP contribution in [0.1, 0.15) is 32.3 Å². The predicted molar refractivity (Wildman–Crippen MR) is 75.1 cm³/mol. The van der Waals surface area contributed by atoms with Crippen molar-refractivity contribution in [1.82, 2.24) is 0 Å². The first kappa shape index (κ1) is 16.4. The number of rotatable bonds is 8. The second-order valence-corrected chi connectivity index (χ2v) is 4.41. The van der Waals surface area contributed by atoms with Gasteiger partial charge in [0.15, 0.2) is 17.7 Å². The van der Waals surface area contributed by atoms with E-state index in [0.29, 0.717) is 24.9 Å². The summed E-state index contributed by atoms with van der Waals surface area (Å²) in [6, 6.07) is 4.66. The molecule has 1 rings (SSSR count). The van der Waals surface area contributed by atoms with Crippen molar-refractivity contribution in [1.29, 1.82) is 0 Å². The molecule has 0 radical (unpaired) electrons. The van der Waals surface area contributed by atoms with Crippen LogP contribution in [0, 0.1) is 5.82 Å². The minimum absolute atomic E-state index is 0.101. The number of carbonyl (C=O) groups excluding carboxylic acids is 1. The number of hydrogen-bond donors (Lipinski definition) is 1. The molecule has 112 valence electrons. The highest BCUT2D eigenvalue weighted by atomic mass is 19.1. The Kier molecular flexibility index (Phi) is 7.01. The van der Waals surface area contributed by atoms with Crippen molar-refractivity contribution in [3.8, 4) is 5.75 Å². The molecule has 0 saturated heterocycles. The Bertz CT molecular complexity index is 437. The molecule has 0 aliphatic rings. The van der Waals surface area contributed by atoms with E-state index in [1.54, 1.807) is 19.1 Å². The van der Waals surface area contributed by atoms with Gasteiger partial charge < -0.3 is 15.2 Å². The summed E-state index contributed by atoms with van der Waals surface area (Å²) in [5, 5.41) is 0. The Morgan fingerprint density at radius 2 is 2.15 bits per heavy atom. The van der Waals surface area contributed by atoms with E-state index in [-0.39, 0.29) is 12.4 Å². The first-order valence-electron chi connectivity index (χ1n) is 6.94. The number of nitrogens with two attached hydrogens (primary N) is 1. The lowest BCUT2D eigenvalue weighted by Crippen LogP contribution is -2.30. The fraction of sp³-hybridized carbons (Fsp3) is 0.533. The first-order valence-corrected chi connectivity index (χ1v) is 6.94. The van der Waals surface area contributed by atoms with Crippen molar-refractivity contribution in [2.75, 3.05) is 13.2 Å². The predicted octanol–water partition coefficient (Wildman–Crippen LogP) is 2.44. The molecule has 5 heteroatoms. The third-order valence-corrected chi connectivity index (χ3v) is 2.82. The Morgan fingerprint density at radius 3 is 2.75 bits per heavy atom. The Morgan fingerprint density at radius 1 is 1.40 bits per heavy atom. The molecule has 0 fully saturated rings. The van der Waals surface area contributed by atoms with Gasteiger partial charge in [0.1, 0.15) is 0 Å². The molecule has 0 saturated carbocycles. The van der Waals surface area contributed by atoms with E-state index >= 15 is 0 Å². The first-order chi connectivity index (χ1) is 9.63. The molecule has 1 aromatic rings. The van der Waals surface area contributed by atoms with E-state index in [4.69, 9.17) is 15.2 Å². The van der Waals surface area contributed by atoms with Gasteiger partial charge in [0.2, 0.25) is 0 Å². The van der Waals surface area contributed by atoms with Gasteiger partial charge in [-0.05, 0) is 37.9 Å². The summed E-state index contributed by atoms with van der Waals surface area (Å²) < 4.78 is 24.4. The highest BCUT2D eigenvalue weighted by Gasteiger charge is 2.23. The standard InChI is InChI=1S/C15H22FNO3/c1-3-6-13(15(18)19-4-2)20-14-11(9-10-17)7-5-8-12(14)16/h5,7-8,13H,3-4,6,9-10,17H2,1-2H3. The lowest BCUT2D eigenvalue weighted by Gasteiger charge is -2.19. The molecule has 1 aromatic carbocycles. The zero-order valence-corrected chi connectivity index (χ0v) is 12.0. The zero-order valence-electron chi connectivity index (χ0n) is 12.0. The van der Waals surface area contributed by atoms with Crippen LogP contribution in [0.4, 0.5) is 4.39 Å². The van der Waals surface area contributed by atoms with Crippen LogP contribution in [-0.2, 0) is 16.0 Å². The molecule has 0 aliphatic carbocycles. The van der Waals surface area contributed by atoms with Gasteiger partial charge in [-0.15, -0.1) is 0 Å². The minimum Gasteiger partial charge on any atom is -0.475 e. The molecule has 0 bridgehead atoms. The monoisotopic (exact) mass is 283 g/mol. The number of halogens is 1. The van der Waals surface area contributed by atoms with Gasteiger partial charge in [-0.3, -0.25) is 0 Å². The molecule has 20 heavy (non-hydrogen) atoms. The van der Waals surface area contributed by atoms with E-state index in [1.165, 1.54) is 6.07 Å². The molecule has 0 aliphatic heterocycles. The van der Waals surface area contributed by atoms with Crippen molar-refractivity contribution in [3.05, 3.63) is 29.6 Å². The van der Waals surface area contributed by atoms with Crippen molar-refractivity contribution < 1.29 is 18.7 Å². The quantitative estimate of drug-likeness (QED) is 0.744. The van der Waals surface area contributed by atoms with E-state index in [9.17, 15) is 9.18 Å². The molecular weight excluding hydrogens is 261 g/mol. The van der Waals surface area contributed by atoms with Gasteiger partial charge in [-0.2, -0.15) is 0 Å². The Labute approximate surface area is 119 Å². The fourth-order valence-electron chi connectivity index (χ4n) is 1.90. The summed E-state index contributed by atoms with van der Waals surface area (Å²) in [7, 11) is 0. The third-order valence-electron chi connectivity index (χ3n) is 2.82. The van der Waals surface area contributed by atoms with E-state index < -0.39 is 17.9 Å². The summed E-state index contributed by atoms with van der Waals surface area (Å²) in [5.74, 6) is -0.845. The summed E-state index contributed by atoms with van der Waals surface area (Å²) >= 11 is 0. The number of carbonyl (C=O) groups is 1. The summed E-state index contributed by atoms with van der Waals surface area (Å²) in [5.41, 5.74) is 6.17. The van der Waals surface area contributed by atoms with Crippen LogP contribution < -0.4 is 10.5 Å². The zero-order chi connectivity index (χ0) is 15.0. The molecule has 4 nitrogen and oxygen atoms in total. The molecule has 0 aromatic heterocycles. The normalized spacial score (nSPS) is 12.0. The number of para-hydroxylation sites is 1. The number of benzene rings is 1. The van der Waals surface area contributed by atoms with Crippen LogP contribution in [0.2, 0.25) is 0 Å². The van der Waals surface area contributed by atoms with E-state index in [2.05, 4.69) is 0 Å². The lowest BCUT2D eigenvalue weighted by molar-refractivity contribution is -0.151. The maximum Gasteiger partial charge on any atom is 0.347 e. The average Bonchev–Trinajstić information content (AvgIpc) is 2.42. The van der Waals surface area contributed by atoms with Crippen LogP contribution in [0.5, 0.6) is 5.75 Å². The molecule has 1 atom stereocenters. The molecule has 0 spiro atoms. The molecule has 0 heterocycles. The summed E-state index contributed by atoms with van der Waals surface area (Å²) in [6.45, 7) is 4.31. The van der Waals surface area contributed by atoms with Crippen LogP contribution in [0.25, 0.3) is 0 Å². The van der Waals surface area contributed by atoms with E-state index in [1.807, 2.05) is 6.92 Å². The van der Waals surface area contributed by atoms with Crippen molar-refractivity contribution >= 4 is 5.97 Å². The van der Waals surface area contributed by atoms with Crippen LogP contribution in [0.15, 0.2) is 18.2 Å². The SMILES string of the molecule is CCCC(Oc1c(F)cccc1CCN)C(=O)OCC. The second-order valence-electron chi connectivity index (χ2n) is 4.41. The van der Waals surface area contributed by atoms with Gasteiger partial charge >= 0.3 is 5.97 Å². The van der Waals surface area contributed by atoms with Gasteiger partial charge in [0.05, 0.1) is 6.61 Å². The van der Waals surface area contributed by atoms with Crippen LogP contribution in [-0.4, -0.2) is 25.2 Å². The largest absolute Gasteiger partial charge is 0.475 e. The van der Waals surface area contributed by atoms with E-state index in [0.717, 1.165) is 6.42 Å². The van der Waals surface area contributed by atoms with Gasteiger partial charge in [0, 0.05) is 0 Å². The summed E-state index contributed by atoms with van der Waals surface area (Å²) in [4.78, 5) is 11.8. The Hall–Kier alpha value is -1.62. The topological polar surface area (TPSA) is 61.5 Å². The highest BCUT2D eigenvalue weighted by molar-refractivity contribution is 5.75. The fourth-order valence-corrected chi connectivity index (χ4v) is 1.90. The Balaban J connectivity index is 2.94. The van der Waals surface area contributed by atoms with Crippen LogP contribution in [0.3, 0.4) is 0 Å². The second kappa shape index (κ2) is 8.53. The lowest BCUT2D eigenvalue weighted by atomic mass is 10.1. The van der Waals surface area contributed by atoms with Crippen molar-refractivity contribution in [2.24, 2.45) is 5.73 Å². The number of hydrogen-bond acceptors (Lipinski definition) is 4. The third kappa shape index (κ3) is 4.49.